The van der Waals surface area contributed by atoms with Crippen LogP contribution in [-0.2, 0) is 0 Å². The molecule has 0 saturated heterocycles. The van der Waals surface area contributed by atoms with E-state index < -0.39 is 45.3 Å². The van der Waals surface area contributed by atoms with Gasteiger partial charge in [0.25, 0.3) is 0 Å². The molecule has 54 heavy (non-hydrogen) atoms. The molecule has 0 N–H and O–H groups in total. The maximum absolute atomic E-state index is 13.6. The van der Waals surface area contributed by atoms with Crippen molar-refractivity contribution in [3.63, 3.8) is 0 Å². The van der Waals surface area contributed by atoms with E-state index in [2.05, 4.69) is 49.6 Å². The lowest BCUT2D eigenvalue weighted by atomic mass is 9.62. The molecule has 0 bridgehead atoms. The van der Waals surface area contributed by atoms with Crippen LogP contribution in [0.25, 0.3) is 0 Å². The zero-order chi connectivity index (χ0) is 39.0. The van der Waals surface area contributed by atoms with Crippen molar-refractivity contribution in [2.24, 2.45) is 33.5 Å². The summed E-state index contributed by atoms with van der Waals surface area (Å²) in [6.07, 6.45) is 3.26. The summed E-state index contributed by atoms with van der Waals surface area (Å²) in [7, 11) is 0. The third kappa shape index (κ3) is 5.84. The second kappa shape index (κ2) is 15.5. The number of benzene rings is 4. The summed E-state index contributed by atoms with van der Waals surface area (Å²) >= 11 is 0. The Kier molecular flexibility index (Phi) is 10.9. The van der Waals surface area contributed by atoms with Gasteiger partial charge in [-0.15, -0.1) is 13.2 Å². The highest BCUT2D eigenvalue weighted by Gasteiger charge is 2.68. The number of nitriles is 6. The van der Waals surface area contributed by atoms with Crippen LogP contribution in [0.15, 0.2) is 147 Å². The van der Waals surface area contributed by atoms with E-state index in [0.717, 1.165) is 0 Å². The SMILES string of the molecule is C=C[C@H]1CC(C#N)(C#N)[C@@H](c2ccccc2)[C@]1(C#N)C(=O)c1ccccc1.C=C[C@H]1CC(C#N)(C#N)[C@@H](c2ccccc2)[C@]1(C#N)C(=O)c1ccccc1. The largest absolute Gasteiger partial charge is 0.292 e. The fourth-order valence-electron chi connectivity index (χ4n) is 8.52. The molecule has 4 aromatic carbocycles. The molecule has 2 saturated carbocycles. The van der Waals surface area contributed by atoms with E-state index >= 15 is 0 Å². The van der Waals surface area contributed by atoms with E-state index in [-0.39, 0.29) is 24.4 Å². The molecule has 0 aromatic heterocycles. The van der Waals surface area contributed by atoms with Gasteiger partial charge in [0, 0.05) is 34.8 Å². The highest BCUT2D eigenvalue weighted by molar-refractivity contribution is 6.05. The molecule has 0 heterocycles. The average molecular weight is 703 g/mol. The molecule has 2 aliphatic rings. The number of Topliss-reactive ketones (excluding diaryl/α,β-unsaturated/α-hetero) is 2. The molecule has 0 spiro atoms. The van der Waals surface area contributed by atoms with Crippen LogP contribution in [0.1, 0.15) is 56.5 Å². The molecule has 2 fully saturated rings. The zero-order valence-electron chi connectivity index (χ0n) is 29.3. The van der Waals surface area contributed by atoms with E-state index in [0.29, 0.717) is 22.3 Å². The highest BCUT2D eigenvalue weighted by atomic mass is 16.1. The minimum Gasteiger partial charge on any atom is -0.292 e. The third-order valence-electron chi connectivity index (χ3n) is 11.0. The fraction of sp³-hybridized carbons (Fsp3) is 0.217. The molecule has 0 aliphatic heterocycles. The van der Waals surface area contributed by atoms with E-state index in [9.17, 15) is 41.2 Å². The van der Waals surface area contributed by atoms with Gasteiger partial charge < -0.3 is 0 Å². The molecule has 6 atom stereocenters. The Hall–Kier alpha value is -7.36. The minimum absolute atomic E-state index is 0.0925. The maximum Gasteiger partial charge on any atom is 0.184 e. The van der Waals surface area contributed by atoms with Gasteiger partial charge in [-0.2, -0.15) is 31.6 Å². The van der Waals surface area contributed by atoms with Gasteiger partial charge in [0.1, 0.15) is 10.8 Å². The van der Waals surface area contributed by atoms with E-state index in [1.54, 1.807) is 109 Å². The van der Waals surface area contributed by atoms with Crippen molar-refractivity contribution in [1.82, 2.24) is 0 Å². The summed E-state index contributed by atoms with van der Waals surface area (Å²) in [5.74, 6) is -3.73. The van der Waals surface area contributed by atoms with E-state index in [4.69, 9.17) is 0 Å². The van der Waals surface area contributed by atoms with Crippen molar-refractivity contribution in [2.45, 2.75) is 24.7 Å². The second-order valence-electron chi connectivity index (χ2n) is 13.5. The molecular weight excluding hydrogens is 669 g/mol. The van der Waals surface area contributed by atoms with Gasteiger partial charge in [-0.3, -0.25) is 9.59 Å². The minimum atomic E-state index is -1.57. The van der Waals surface area contributed by atoms with Gasteiger partial charge >= 0.3 is 0 Å². The van der Waals surface area contributed by atoms with Crippen LogP contribution in [0.2, 0.25) is 0 Å². The lowest BCUT2D eigenvalue weighted by Crippen LogP contribution is -2.40. The predicted octanol–water partition coefficient (Wildman–Crippen LogP) is 8.81. The Labute approximate surface area is 315 Å². The van der Waals surface area contributed by atoms with Crippen molar-refractivity contribution >= 4 is 11.6 Å². The number of allylic oxidation sites excluding steroid dienone is 2. The molecule has 2 aliphatic carbocycles. The van der Waals surface area contributed by atoms with Crippen molar-refractivity contribution < 1.29 is 9.59 Å². The van der Waals surface area contributed by atoms with Crippen LogP contribution in [0.3, 0.4) is 0 Å². The predicted molar refractivity (Wildman–Crippen MR) is 200 cm³/mol. The van der Waals surface area contributed by atoms with Crippen molar-refractivity contribution in [3.05, 3.63) is 169 Å². The van der Waals surface area contributed by atoms with Gasteiger partial charge in [0.15, 0.2) is 22.4 Å². The number of carbonyl (C=O) groups is 2. The maximum atomic E-state index is 13.6. The Bertz CT molecular complexity index is 2120. The number of nitrogens with zero attached hydrogens (tertiary/aromatic N) is 6. The van der Waals surface area contributed by atoms with Gasteiger partial charge in [-0.1, -0.05) is 133 Å². The quantitative estimate of drug-likeness (QED) is 0.129. The van der Waals surface area contributed by atoms with Crippen molar-refractivity contribution in [2.75, 3.05) is 0 Å². The first-order valence-electron chi connectivity index (χ1n) is 17.2. The van der Waals surface area contributed by atoms with Crippen LogP contribution in [0, 0.1) is 101 Å². The lowest BCUT2D eigenvalue weighted by Gasteiger charge is -2.33. The number of ketones is 2. The second-order valence-corrected chi connectivity index (χ2v) is 13.5. The van der Waals surface area contributed by atoms with E-state index in [1.807, 2.05) is 12.1 Å². The van der Waals surface area contributed by atoms with Crippen LogP contribution in [-0.4, -0.2) is 11.6 Å². The van der Waals surface area contributed by atoms with Gasteiger partial charge in [0.2, 0.25) is 0 Å². The zero-order valence-corrected chi connectivity index (χ0v) is 29.3. The lowest BCUT2D eigenvalue weighted by molar-refractivity contribution is 0.0798. The summed E-state index contributed by atoms with van der Waals surface area (Å²) in [6, 6.07) is 47.9. The molecule has 4 aromatic rings. The number of carbonyl (C=O) groups excluding carboxylic acids is 2. The number of hydrogen-bond acceptors (Lipinski definition) is 8. The Morgan fingerprint density at radius 3 is 1.00 bits per heavy atom. The molecule has 0 radical (unpaired) electrons. The third-order valence-corrected chi connectivity index (χ3v) is 11.0. The van der Waals surface area contributed by atoms with Gasteiger partial charge in [-0.05, 0) is 24.0 Å². The Morgan fingerprint density at radius 1 is 0.481 bits per heavy atom. The average Bonchev–Trinajstić information content (AvgIpc) is 3.73. The number of hydrogen-bond donors (Lipinski definition) is 0. The van der Waals surface area contributed by atoms with Gasteiger partial charge in [0.05, 0.1) is 36.4 Å². The highest BCUT2D eigenvalue weighted by Crippen LogP contribution is 2.64. The summed E-state index contributed by atoms with van der Waals surface area (Å²) in [5.41, 5.74) is -4.07. The van der Waals surface area contributed by atoms with Gasteiger partial charge in [-0.25, -0.2) is 0 Å². The van der Waals surface area contributed by atoms with Crippen molar-refractivity contribution in [1.29, 1.82) is 31.6 Å². The normalized spacial score (nSPS) is 25.5. The molecule has 0 amide bonds. The van der Waals surface area contributed by atoms with Crippen molar-refractivity contribution in [3.8, 4) is 36.4 Å². The molecule has 6 rings (SSSR count). The fourth-order valence-corrected chi connectivity index (χ4v) is 8.52. The first kappa shape index (κ1) is 37.9. The molecular formula is C46H34N6O2. The monoisotopic (exact) mass is 702 g/mol. The Morgan fingerprint density at radius 2 is 0.759 bits per heavy atom. The molecule has 8 nitrogen and oxygen atoms in total. The van der Waals surface area contributed by atoms with Crippen LogP contribution in [0.4, 0.5) is 0 Å². The summed E-state index contributed by atoms with van der Waals surface area (Å²) in [5, 5.41) is 60.2. The van der Waals surface area contributed by atoms with Crippen LogP contribution in [0.5, 0.6) is 0 Å². The summed E-state index contributed by atoms with van der Waals surface area (Å²) in [4.78, 5) is 27.2. The Balaban J connectivity index is 0.000000208. The van der Waals surface area contributed by atoms with E-state index in [1.165, 1.54) is 12.2 Å². The molecule has 0 unspecified atom stereocenters. The smallest absolute Gasteiger partial charge is 0.184 e. The first-order valence-corrected chi connectivity index (χ1v) is 17.2. The van der Waals surface area contributed by atoms with Crippen LogP contribution >= 0.6 is 0 Å². The molecule has 8 heteroatoms. The number of rotatable bonds is 8. The molecule has 260 valence electrons. The summed E-state index contributed by atoms with van der Waals surface area (Å²) < 4.78 is 0. The van der Waals surface area contributed by atoms with Crippen LogP contribution < -0.4 is 0 Å². The standard InChI is InChI=1S/2C23H17N3O/c2*1-2-19-13-22(14-24,15-25)20(17-9-5-3-6-10-17)23(19,16-26)21(27)18-11-7-4-8-12-18/h2*2-12,19-20H,1,13H2/t2*19-,20+,23+/m00/s1. The topological polar surface area (TPSA) is 177 Å². The first-order chi connectivity index (χ1) is 26.2. The summed E-state index contributed by atoms with van der Waals surface area (Å²) in [6.45, 7) is 7.60.